The second kappa shape index (κ2) is 7.80. The van der Waals surface area contributed by atoms with E-state index in [1.54, 1.807) is 24.1 Å². The highest BCUT2D eigenvalue weighted by atomic mass is 19.1. The Bertz CT molecular complexity index is 980. The largest absolute Gasteiger partial charge is 0.497 e. The first-order valence-corrected chi connectivity index (χ1v) is 9.17. The maximum Gasteiger partial charge on any atom is 0.258 e. The molecule has 7 heteroatoms. The van der Waals surface area contributed by atoms with Gasteiger partial charge in [0.1, 0.15) is 11.6 Å². The minimum atomic E-state index is -0.490. The molecule has 0 bridgehead atoms. The summed E-state index contributed by atoms with van der Waals surface area (Å²) in [6.07, 6.45) is 1.41. The van der Waals surface area contributed by atoms with Crippen molar-refractivity contribution >= 4 is 5.91 Å². The molecule has 1 saturated heterocycles. The van der Waals surface area contributed by atoms with Crippen LogP contribution >= 0.6 is 0 Å². The van der Waals surface area contributed by atoms with Gasteiger partial charge in [0.2, 0.25) is 0 Å². The van der Waals surface area contributed by atoms with Gasteiger partial charge >= 0.3 is 0 Å². The third-order valence-corrected chi connectivity index (χ3v) is 5.01. The number of piperidine rings is 1. The smallest absolute Gasteiger partial charge is 0.258 e. The van der Waals surface area contributed by atoms with Crippen molar-refractivity contribution in [2.45, 2.75) is 18.8 Å². The van der Waals surface area contributed by atoms with E-state index in [4.69, 9.17) is 9.26 Å². The van der Waals surface area contributed by atoms with Gasteiger partial charge in [-0.05, 0) is 43.2 Å². The Hall–Kier alpha value is -3.22. The first-order chi connectivity index (χ1) is 13.7. The second-order valence-electron chi connectivity index (χ2n) is 6.74. The molecule has 1 amide bonds. The molecule has 1 aromatic heterocycles. The van der Waals surface area contributed by atoms with Crippen molar-refractivity contribution in [2.75, 3.05) is 20.2 Å². The number of amides is 1. The van der Waals surface area contributed by atoms with Gasteiger partial charge in [0.25, 0.3) is 11.8 Å². The molecule has 0 N–H and O–H groups in total. The second-order valence-corrected chi connectivity index (χ2v) is 6.74. The Balaban J connectivity index is 1.42. The average Bonchev–Trinajstić information content (AvgIpc) is 3.24. The summed E-state index contributed by atoms with van der Waals surface area (Å²) in [4.78, 5) is 18.7. The molecule has 1 fully saturated rings. The third-order valence-electron chi connectivity index (χ3n) is 5.01. The van der Waals surface area contributed by atoms with Crippen LogP contribution in [0.5, 0.6) is 5.75 Å². The van der Waals surface area contributed by atoms with Gasteiger partial charge in [0, 0.05) is 24.6 Å². The fraction of sp³-hybridized carbons (Fsp3) is 0.286. The maximum atomic E-state index is 13.9. The van der Waals surface area contributed by atoms with Crippen molar-refractivity contribution < 1.29 is 18.4 Å². The number of benzene rings is 2. The van der Waals surface area contributed by atoms with Gasteiger partial charge in [0.15, 0.2) is 5.82 Å². The van der Waals surface area contributed by atoms with Gasteiger partial charge < -0.3 is 14.2 Å². The van der Waals surface area contributed by atoms with E-state index in [2.05, 4.69) is 10.1 Å². The number of carbonyl (C=O) groups is 1. The summed E-state index contributed by atoms with van der Waals surface area (Å²) < 4.78 is 24.5. The van der Waals surface area contributed by atoms with Crippen LogP contribution in [-0.4, -0.2) is 41.1 Å². The summed E-state index contributed by atoms with van der Waals surface area (Å²) in [5.41, 5.74) is 0.908. The minimum Gasteiger partial charge on any atom is -0.497 e. The van der Waals surface area contributed by atoms with Gasteiger partial charge in [-0.2, -0.15) is 4.98 Å². The Kier molecular flexibility index (Phi) is 5.06. The molecule has 2 heterocycles. The van der Waals surface area contributed by atoms with E-state index in [1.165, 1.54) is 12.1 Å². The quantitative estimate of drug-likeness (QED) is 0.686. The van der Waals surface area contributed by atoms with Crippen LogP contribution in [0.4, 0.5) is 4.39 Å². The number of aromatic nitrogens is 2. The van der Waals surface area contributed by atoms with Crippen LogP contribution in [-0.2, 0) is 0 Å². The number of halogens is 1. The molecule has 144 valence electrons. The van der Waals surface area contributed by atoms with Crippen LogP contribution in [0.3, 0.4) is 0 Å². The van der Waals surface area contributed by atoms with E-state index in [1.807, 2.05) is 24.3 Å². The first kappa shape index (κ1) is 18.2. The number of rotatable bonds is 4. The van der Waals surface area contributed by atoms with Crippen molar-refractivity contribution in [3.8, 4) is 17.2 Å². The summed E-state index contributed by atoms with van der Waals surface area (Å²) in [7, 11) is 1.61. The molecular weight excluding hydrogens is 361 g/mol. The zero-order valence-electron chi connectivity index (χ0n) is 15.5. The highest BCUT2D eigenvalue weighted by Crippen LogP contribution is 2.29. The maximum absolute atomic E-state index is 13.9. The number of nitrogens with zero attached hydrogens (tertiary/aromatic N) is 3. The SMILES string of the molecule is COc1cccc(-c2nc(C3CCN(C(=O)c4ccccc4F)CC3)no2)c1. The fourth-order valence-electron chi connectivity index (χ4n) is 3.42. The van der Waals surface area contributed by atoms with Crippen molar-refractivity contribution in [2.24, 2.45) is 0 Å². The van der Waals surface area contributed by atoms with Crippen LogP contribution < -0.4 is 4.74 Å². The zero-order valence-corrected chi connectivity index (χ0v) is 15.5. The molecule has 0 spiro atoms. The van der Waals surface area contributed by atoms with Crippen molar-refractivity contribution in [1.29, 1.82) is 0 Å². The number of hydrogen-bond donors (Lipinski definition) is 0. The standard InChI is InChI=1S/C21H20FN3O3/c1-27-16-6-4-5-15(13-16)20-23-19(24-28-20)14-9-11-25(12-10-14)21(26)17-7-2-3-8-18(17)22/h2-8,13-14H,9-12H2,1H3. The normalized spacial score (nSPS) is 14.9. The van der Waals surface area contributed by atoms with Crippen LogP contribution in [0.15, 0.2) is 53.1 Å². The van der Waals surface area contributed by atoms with Gasteiger partial charge in [-0.15, -0.1) is 0 Å². The minimum absolute atomic E-state index is 0.104. The van der Waals surface area contributed by atoms with E-state index in [-0.39, 0.29) is 17.4 Å². The Morgan fingerprint density at radius 3 is 2.71 bits per heavy atom. The topological polar surface area (TPSA) is 68.5 Å². The van der Waals surface area contributed by atoms with E-state index in [0.29, 0.717) is 37.6 Å². The van der Waals surface area contributed by atoms with Crippen LogP contribution in [0, 0.1) is 5.82 Å². The molecular formula is C21H20FN3O3. The predicted molar refractivity (Wildman–Crippen MR) is 101 cm³/mol. The van der Waals surface area contributed by atoms with E-state index < -0.39 is 5.82 Å². The Morgan fingerprint density at radius 2 is 1.96 bits per heavy atom. The number of likely N-dealkylation sites (tertiary alicyclic amines) is 1. The molecule has 1 aliphatic heterocycles. The highest BCUT2D eigenvalue weighted by molar-refractivity contribution is 5.94. The summed E-state index contributed by atoms with van der Waals surface area (Å²) in [6.45, 7) is 1.06. The van der Waals surface area contributed by atoms with E-state index >= 15 is 0 Å². The zero-order chi connectivity index (χ0) is 19.5. The van der Waals surface area contributed by atoms with Gasteiger partial charge in [0.05, 0.1) is 12.7 Å². The predicted octanol–water partition coefficient (Wildman–Crippen LogP) is 3.90. The summed E-state index contributed by atoms with van der Waals surface area (Å²) in [5, 5.41) is 4.12. The molecule has 3 aromatic rings. The molecule has 0 atom stereocenters. The number of hydrogen-bond acceptors (Lipinski definition) is 5. The lowest BCUT2D eigenvalue weighted by Gasteiger charge is -2.30. The Labute approximate surface area is 161 Å². The molecule has 4 rings (SSSR count). The van der Waals surface area contributed by atoms with E-state index in [9.17, 15) is 9.18 Å². The molecule has 2 aromatic carbocycles. The lowest BCUT2D eigenvalue weighted by atomic mass is 9.95. The van der Waals surface area contributed by atoms with Crippen LogP contribution in [0.25, 0.3) is 11.5 Å². The number of carbonyl (C=O) groups excluding carboxylic acids is 1. The summed E-state index contributed by atoms with van der Waals surface area (Å²) >= 11 is 0. The van der Waals surface area contributed by atoms with Gasteiger partial charge in [-0.1, -0.05) is 23.4 Å². The van der Waals surface area contributed by atoms with Gasteiger partial charge in [-0.25, -0.2) is 4.39 Å². The first-order valence-electron chi connectivity index (χ1n) is 9.17. The lowest BCUT2D eigenvalue weighted by molar-refractivity contribution is 0.0706. The lowest BCUT2D eigenvalue weighted by Crippen LogP contribution is -2.38. The third kappa shape index (κ3) is 3.60. The van der Waals surface area contributed by atoms with Crippen molar-refractivity contribution in [3.63, 3.8) is 0 Å². The number of ether oxygens (including phenoxy) is 1. The summed E-state index contributed by atoms with van der Waals surface area (Å²) in [6, 6.07) is 13.5. The van der Waals surface area contributed by atoms with Crippen molar-refractivity contribution in [1.82, 2.24) is 15.0 Å². The molecule has 6 nitrogen and oxygen atoms in total. The Morgan fingerprint density at radius 1 is 1.18 bits per heavy atom. The molecule has 28 heavy (non-hydrogen) atoms. The highest BCUT2D eigenvalue weighted by Gasteiger charge is 2.28. The van der Waals surface area contributed by atoms with Gasteiger partial charge in [-0.3, -0.25) is 4.79 Å². The van der Waals surface area contributed by atoms with E-state index in [0.717, 1.165) is 11.3 Å². The number of methoxy groups -OCH3 is 1. The van der Waals surface area contributed by atoms with Crippen LogP contribution in [0.1, 0.15) is 34.9 Å². The van der Waals surface area contributed by atoms with Crippen LogP contribution in [0.2, 0.25) is 0 Å². The molecule has 1 aliphatic rings. The molecule has 0 aliphatic carbocycles. The fourth-order valence-corrected chi connectivity index (χ4v) is 3.42. The van der Waals surface area contributed by atoms with Crippen molar-refractivity contribution in [3.05, 3.63) is 65.7 Å². The monoisotopic (exact) mass is 381 g/mol. The molecule has 0 unspecified atom stereocenters. The molecule has 0 radical (unpaired) electrons. The average molecular weight is 381 g/mol. The summed E-state index contributed by atoms with van der Waals surface area (Å²) in [5.74, 6) is 1.14. The molecule has 0 saturated carbocycles.